The second-order valence-corrected chi connectivity index (χ2v) is 9.26. The number of nitrogens with zero attached hydrogens (tertiary/aromatic N) is 4. The molecule has 29 heavy (non-hydrogen) atoms. The summed E-state index contributed by atoms with van der Waals surface area (Å²) in [6, 6.07) is 8.90. The number of anilines is 1. The van der Waals surface area contributed by atoms with Crippen LogP contribution in [0.1, 0.15) is 41.6 Å². The van der Waals surface area contributed by atoms with Crippen LogP contribution in [0.3, 0.4) is 0 Å². The maximum atomic E-state index is 9.01. The third-order valence-corrected chi connectivity index (χ3v) is 6.54. The van der Waals surface area contributed by atoms with E-state index < -0.39 is 0 Å². The largest absolute Gasteiger partial charge is 0.371 e. The Morgan fingerprint density at radius 1 is 1.07 bits per heavy atom. The van der Waals surface area contributed by atoms with Gasteiger partial charge in [-0.25, -0.2) is 4.98 Å². The fourth-order valence-electron chi connectivity index (χ4n) is 4.72. The maximum Gasteiger partial charge on any atom is 0.147 e. The molecule has 0 N–H and O–H groups in total. The number of hydrogen-bond acceptors (Lipinski definition) is 3. The van der Waals surface area contributed by atoms with Crippen LogP contribution in [0.5, 0.6) is 0 Å². The first kappa shape index (κ1) is 20.0. The van der Waals surface area contributed by atoms with Crippen molar-refractivity contribution in [2.24, 2.45) is 5.92 Å². The van der Waals surface area contributed by atoms with Crippen molar-refractivity contribution < 1.29 is 0 Å². The zero-order chi connectivity index (χ0) is 20.7. The molecule has 0 unspecified atom stereocenters. The van der Waals surface area contributed by atoms with E-state index >= 15 is 0 Å². The van der Waals surface area contributed by atoms with E-state index in [0.29, 0.717) is 12.3 Å². The zero-order valence-corrected chi connectivity index (χ0v) is 19.2. The predicted molar refractivity (Wildman–Crippen MR) is 123 cm³/mol. The molecule has 1 aliphatic rings. The van der Waals surface area contributed by atoms with Gasteiger partial charge in [-0.2, -0.15) is 5.26 Å². The van der Waals surface area contributed by atoms with Gasteiger partial charge in [-0.05, 0) is 81.3 Å². The molecular formula is C24H27BrN4. The van der Waals surface area contributed by atoms with Crippen LogP contribution in [0, 0.1) is 44.9 Å². The van der Waals surface area contributed by atoms with Crippen LogP contribution in [0.25, 0.3) is 16.7 Å². The molecular weight excluding hydrogens is 424 g/mol. The summed E-state index contributed by atoms with van der Waals surface area (Å²) in [5.41, 5.74) is 8.29. The Labute approximate surface area is 181 Å². The number of hydrogen-bond donors (Lipinski definition) is 0. The van der Waals surface area contributed by atoms with Crippen molar-refractivity contribution in [2.75, 3.05) is 18.0 Å². The van der Waals surface area contributed by atoms with Gasteiger partial charge in [0, 0.05) is 46.9 Å². The first-order valence-corrected chi connectivity index (χ1v) is 11.1. The molecule has 1 aliphatic heterocycles. The molecule has 0 amide bonds. The molecule has 0 atom stereocenters. The average molecular weight is 451 g/mol. The Hall–Kier alpha value is -2.32. The van der Waals surface area contributed by atoms with Gasteiger partial charge in [0.1, 0.15) is 5.65 Å². The number of nitriles is 1. The molecule has 1 aromatic carbocycles. The van der Waals surface area contributed by atoms with E-state index in [9.17, 15) is 0 Å². The third kappa shape index (κ3) is 3.67. The predicted octanol–water partition coefficient (Wildman–Crippen LogP) is 6.15. The van der Waals surface area contributed by atoms with Crippen LogP contribution < -0.4 is 4.90 Å². The van der Waals surface area contributed by atoms with Crippen molar-refractivity contribution in [3.63, 3.8) is 0 Å². The second-order valence-electron chi connectivity index (χ2n) is 8.34. The van der Waals surface area contributed by atoms with E-state index in [4.69, 9.17) is 10.2 Å². The third-order valence-electron chi connectivity index (χ3n) is 6.08. The van der Waals surface area contributed by atoms with Gasteiger partial charge >= 0.3 is 0 Å². The summed E-state index contributed by atoms with van der Waals surface area (Å²) in [6.45, 7) is 10.6. The second kappa shape index (κ2) is 7.84. The van der Waals surface area contributed by atoms with Gasteiger partial charge in [-0.1, -0.05) is 15.9 Å². The fraction of sp³-hybridized carbons (Fsp3) is 0.417. The minimum Gasteiger partial charge on any atom is -0.371 e. The lowest BCUT2D eigenvalue weighted by molar-refractivity contribution is 0.413. The summed E-state index contributed by atoms with van der Waals surface area (Å²) in [4.78, 5) is 7.45. The fourth-order valence-corrected chi connectivity index (χ4v) is 5.41. The highest BCUT2D eigenvalue weighted by Crippen LogP contribution is 2.36. The van der Waals surface area contributed by atoms with Crippen LogP contribution in [0.4, 0.5) is 5.69 Å². The highest BCUT2D eigenvalue weighted by molar-refractivity contribution is 9.10. The van der Waals surface area contributed by atoms with Gasteiger partial charge in [-0.3, -0.25) is 0 Å². The summed E-state index contributed by atoms with van der Waals surface area (Å²) in [7, 11) is 0. The standard InChI is InChI=1S/C24H27BrN4/c1-15-11-20(25)12-16(2)23(15)29-14-17(3)22-21(13-18(4)27-24(22)29)28-9-6-19(5-8-26)7-10-28/h11-14,19H,5-7,9-10H2,1-4H3. The van der Waals surface area contributed by atoms with Crippen molar-refractivity contribution >= 4 is 32.7 Å². The summed E-state index contributed by atoms with van der Waals surface area (Å²) >= 11 is 3.61. The SMILES string of the molecule is Cc1cc(N2CCC(CC#N)CC2)c2c(C)cn(-c3c(C)cc(Br)cc3C)c2n1. The molecule has 0 saturated carbocycles. The number of fused-ring (bicyclic) bond motifs is 1. The van der Waals surface area contributed by atoms with Crippen molar-refractivity contribution in [2.45, 2.75) is 47.0 Å². The molecule has 4 rings (SSSR count). The van der Waals surface area contributed by atoms with Crippen LogP contribution in [0.2, 0.25) is 0 Å². The number of pyridine rings is 1. The van der Waals surface area contributed by atoms with E-state index in [1.165, 1.54) is 33.5 Å². The Bertz CT molecular complexity index is 1090. The number of benzene rings is 1. The van der Waals surface area contributed by atoms with E-state index in [2.05, 4.69) is 83.6 Å². The summed E-state index contributed by atoms with van der Waals surface area (Å²) < 4.78 is 3.37. The Morgan fingerprint density at radius 3 is 2.34 bits per heavy atom. The molecule has 1 fully saturated rings. The van der Waals surface area contributed by atoms with Crippen molar-refractivity contribution in [1.82, 2.24) is 9.55 Å². The zero-order valence-electron chi connectivity index (χ0n) is 17.6. The average Bonchev–Trinajstić information content (AvgIpc) is 2.97. The maximum absolute atomic E-state index is 9.01. The van der Waals surface area contributed by atoms with E-state index in [0.717, 1.165) is 41.7 Å². The molecule has 4 nitrogen and oxygen atoms in total. The smallest absolute Gasteiger partial charge is 0.147 e. The molecule has 150 valence electrons. The normalized spacial score (nSPS) is 15.1. The molecule has 0 bridgehead atoms. The minimum absolute atomic E-state index is 0.536. The number of halogens is 1. The molecule has 0 aliphatic carbocycles. The number of rotatable bonds is 3. The lowest BCUT2D eigenvalue weighted by atomic mass is 9.93. The van der Waals surface area contributed by atoms with Gasteiger partial charge in [0.05, 0.1) is 11.8 Å². The van der Waals surface area contributed by atoms with Crippen molar-refractivity contribution in [3.05, 3.63) is 51.3 Å². The molecule has 0 radical (unpaired) electrons. The van der Waals surface area contributed by atoms with Crippen molar-refractivity contribution in [1.29, 1.82) is 5.26 Å². The van der Waals surface area contributed by atoms with Crippen LogP contribution in [-0.4, -0.2) is 22.6 Å². The first-order valence-electron chi connectivity index (χ1n) is 10.3. The van der Waals surface area contributed by atoms with Gasteiger partial charge in [0.2, 0.25) is 0 Å². The van der Waals surface area contributed by atoms with E-state index in [-0.39, 0.29) is 0 Å². The highest BCUT2D eigenvalue weighted by atomic mass is 79.9. The Kier molecular flexibility index (Phi) is 5.40. The summed E-state index contributed by atoms with van der Waals surface area (Å²) in [6.07, 6.45) is 5.07. The quantitative estimate of drug-likeness (QED) is 0.480. The molecule has 0 spiro atoms. The van der Waals surface area contributed by atoms with Gasteiger partial charge < -0.3 is 9.47 Å². The van der Waals surface area contributed by atoms with Crippen LogP contribution >= 0.6 is 15.9 Å². The van der Waals surface area contributed by atoms with Crippen molar-refractivity contribution in [3.8, 4) is 11.8 Å². The lowest BCUT2D eigenvalue weighted by Crippen LogP contribution is -2.33. The number of aromatic nitrogens is 2. The molecule has 5 heteroatoms. The van der Waals surface area contributed by atoms with Gasteiger partial charge in [0.25, 0.3) is 0 Å². The summed E-state index contributed by atoms with van der Waals surface area (Å²) in [5, 5.41) is 10.3. The van der Waals surface area contributed by atoms with Crippen LogP contribution in [-0.2, 0) is 0 Å². The Balaban J connectivity index is 1.83. The topological polar surface area (TPSA) is 44.9 Å². The van der Waals surface area contributed by atoms with E-state index in [1.54, 1.807) is 0 Å². The monoisotopic (exact) mass is 450 g/mol. The molecule has 3 aromatic rings. The number of aryl methyl sites for hydroxylation is 4. The van der Waals surface area contributed by atoms with E-state index in [1.807, 2.05) is 0 Å². The highest BCUT2D eigenvalue weighted by Gasteiger charge is 2.23. The van der Waals surface area contributed by atoms with Crippen LogP contribution in [0.15, 0.2) is 28.9 Å². The van der Waals surface area contributed by atoms with Gasteiger partial charge in [-0.15, -0.1) is 0 Å². The summed E-state index contributed by atoms with van der Waals surface area (Å²) in [5.74, 6) is 0.536. The molecule has 3 heterocycles. The first-order chi connectivity index (χ1) is 13.9. The Morgan fingerprint density at radius 2 is 1.72 bits per heavy atom. The molecule has 2 aromatic heterocycles. The van der Waals surface area contributed by atoms with Gasteiger partial charge in [0.15, 0.2) is 0 Å². The minimum atomic E-state index is 0.536. The lowest BCUT2D eigenvalue weighted by Gasteiger charge is -2.33. The number of piperidine rings is 1. The molecule has 1 saturated heterocycles.